The van der Waals surface area contributed by atoms with Gasteiger partial charge in [-0.25, -0.2) is 0 Å². The van der Waals surface area contributed by atoms with Gasteiger partial charge >= 0.3 is 0 Å². The van der Waals surface area contributed by atoms with Crippen molar-refractivity contribution in [2.75, 3.05) is 6.54 Å². The van der Waals surface area contributed by atoms with E-state index in [1.807, 2.05) is 0 Å². The quantitative estimate of drug-likeness (QED) is 0.693. The van der Waals surface area contributed by atoms with Crippen LogP contribution in [0.4, 0.5) is 0 Å². The molecule has 2 fully saturated rings. The Morgan fingerprint density at radius 3 is 2.29 bits per heavy atom. The van der Waals surface area contributed by atoms with E-state index < -0.39 is 0 Å². The van der Waals surface area contributed by atoms with Crippen LogP contribution in [-0.2, 0) is 0 Å². The smallest absolute Gasteiger partial charge is 0.0167 e. The second-order valence-electron chi connectivity index (χ2n) is 6.39. The van der Waals surface area contributed by atoms with Crippen LogP contribution in [0.1, 0.15) is 41.0 Å². The highest BCUT2D eigenvalue weighted by molar-refractivity contribution is 5.20. The number of hydrogen-bond donors (Lipinski definition) is 1. The van der Waals surface area contributed by atoms with Gasteiger partial charge in [-0.05, 0) is 52.0 Å². The van der Waals surface area contributed by atoms with Crippen molar-refractivity contribution >= 4 is 0 Å². The van der Waals surface area contributed by atoms with Crippen molar-refractivity contribution in [1.82, 2.24) is 4.90 Å². The Morgan fingerprint density at radius 2 is 2.00 bits per heavy atom. The van der Waals surface area contributed by atoms with E-state index >= 15 is 0 Å². The molecule has 2 unspecified atom stereocenters. The van der Waals surface area contributed by atoms with Crippen LogP contribution < -0.4 is 5.73 Å². The molecule has 2 nitrogen and oxygen atoms in total. The zero-order chi connectivity index (χ0) is 10.7. The molecule has 0 amide bonds. The van der Waals surface area contributed by atoms with Crippen LogP contribution >= 0.6 is 0 Å². The maximum absolute atomic E-state index is 5.91. The molecule has 1 aliphatic carbocycles. The first kappa shape index (κ1) is 10.4. The van der Waals surface area contributed by atoms with E-state index in [1.165, 1.54) is 6.42 Å². The summed E-state index contributed by atoms with van der Waals surface area (Å²) in [5.74, 6) is 0.701. The van der Waals surface area contributed by atoms with E-state index in [9.17, 15) is 0 Å². The normalized spacial score (nSPS) is 48.0. The third-order valence-electron chi connectivity index (χ3n) is 4.47. The van der Waals surface area contributed by atoms with Gasteiger partial charge in [0.25, 0.3) is 0 Å². The van der Waals surface area contributed by atoms with Crippen LogP contribution in [0, 0.1) is 11.3 Å². The highest BCUT2D eigenvalue weighted by Crippen LogP contribution is 2.63. The predicted octanol–water partition coefficient (Wildman–Crippen LogP) is 1.84. The zero-order valence-corrected chi connectivity index (χ0v) is 10.2. The van der Waals surface area contributed by atoms with Gasteiger partial charge in [0.1, 0.15) is 0 Å². The van der Waals surface area contributed by atoms with Crippen LogP contribution in [0.3, 0.4) is 0 Å². The standard InChI is InChI=1S/C12H24N2/c1-8-9(7-13)12(5)6-10(12)14(8)11(2,3)4/h8-10H,6-7,13H2,1-5H3/t8-,9?,10?,12-/m1/s1. The van der Waals surface area contributed by atoms with Crippen molar-refractivity contribution in [1.29, 1.82) is 0 Å². The molecule has 0 bridgehead atoms. The minimum Gasteiger partial charge on any atom is -0.330 e. The fourth-order valence-electron chi connectivity index (χ4n) is 3.75. The van der Waals surface area contributed by atoms with Gasteiger partial charge in [0.15, 0.2) is 0 Å². The first-order valence-electron chi connectivity index (χ1n) is 5.81. The summed E-state index contributed by atoms with van der Waals surface area (Å²) >= 11 is 0. The number of fused-ring (bicyclic) bond motifs is 1. The molecule has 1 aliphatic heterocycles. The second-order valence-corrected chi connectivity index (χ2v) is 6.39. The van der Waals surface area contributed by atoms with Crippen molar-refractivity contribution in [3.8, 4) is 0 Å². The molecule has 14 heavy (non-hydrogen) atoms. The van der Waals surface area contributed by atoms with Gasteiger partial charge in [-0.1, -0.05) is 6.92 Å². The third kappa shape index (κ3) is 1.17. The van der Waals surface area contributed by atoms with E-state index in [0.29, 0.717) is 22.9 Å². The molecule has 2 heteroatoms. The average Bonchev–Trinajstić information content (AvgIpc) is 2.55. The minimum atomic E-state index is 0.297. The summed E-state index contributed by atoms with van der Waals surface area (Å²) in [6, 6.07) is 1.45. The van der Waals surface area contributed by atoms with E-state index in [2.05, 4.69) is 39.5 Å². The van der Waals surface area contributed by atoms with Crippen LogP contribution in [0.2, 0.25) is 0 Å². The van der Waals surface area contributed by atoms with E-state index in [0.717, 1.165) is 12.6 Å². The summed E-state index contributed by atoms with van der Waals surface area (Å²) in [6.45, 7) is 12.6. The molecule has 4 atom stereocenters. The summed E-state index contributed by atoms with van der Waals surface area (Å²) < 4.78 is 0. The number of hydrogen-bond acceptors (Lipinski definition) is 2. The Balaban J connectivity index is 2.24. The Labute approximate surface area is 87.8 Å². The third-order valence-corrected chi connectivity index (χ3v) is 4.47. The highest BCUT2D eigenvalue weighted by atomic mass is 15.3. The lowest BCUT2D eigenvalue weighted by Gasteiger charge is -2.39. The second kappa shape index (κ2) is 2.73. The molecule has 0 radical (unpaired) electrons. The van der Waals surface area contributed by atoms with Crippen LogP contribution in [0.15, 0.2) is 0 Å². The molecule has 0 aromatic carbocycles. The van der Waals surface area contributed by atoms with Gasteiger partial charge in [0.2, 0.25) is 0 Å². The van der Waals surface area contributed by atoms with Crippen molar-refractivity contribution in [2.24, 2.45) is 17.1 Å². The molecule has 0 aromatic rings. The fourth-order valence-corrected chi connectivity index (χ4v) is 3.75. The molecule has 1 saturated heterocycles. The lowest BCUT2D eigenvalue weighted by Crippen LogP contribution is -2.48. The molecular formula is C12H24N2. The molecule has 2 rings (SSSR count). The van der Waals surface area contributed by atoms with Gasteiger partial charge in [0.05, 0.1) is 0 Å². The fraction of sp³-hybridized carbons (Fsp3) is 1.00. The highest BCUT2D eigenvalue weighted by Gasteiger charge is 2.67. The first-order valence-corrected chi connectivity index (χ1v) is 5.81. The van der Waals surface area contributed by atoms with Gasteiger partial charge in [-0.15, -0.1) is 0 Å². The van der Waals surface area contributed by atoms with E-state index in [1.54, 1.807) is 0 Å². The summed E-state index contributed by atoms with van der Waals surface area (Å²) in [5, 5.41) is 0. The van der Waals surface area contributed by atoms with E-state index in [-0.39, 0.29) is 0 Å². The molecule has 1 heterocycles. The van der Waals surface area contributed by atoms with Crippen molar-refractivity contribution in [2.45, 2.75) is 58.7 Å². The van der Waals surface area contributed by atoms with Crippen LogP contribution in [0.25, 0.3) is 0 Å². The lowest BCUT2D eigenvalue weighted by molar-refractivity contribution is 0.0883. The van der Waals surface area contributed by atoms with Crippen molar-refractivity contribution in [3.63, 3.8) is 0 Å². The maximum Gasteiger partial charge on any atom is 0.0167 e. The van der Waals surface area contributed by atoms with Gasteiger partial charge in [-0.2, -0.15) is 0 Å². The Bertz CT molecular complexity index is 243. The SMILES string of the molecule is C[C@@H]1C(CN)[C@@]2(C)CC2N1C(C)(C)C. The topological polar surface area (TPSA) is 29.3 Å². The van der Waals surface area contributed by atoms with E-state index in [4.69, 9.17) is 5.73 Å². The number of likely N-dealkylation sites (tertiary alicyclic amines) is 1. The lowest BCUT2D eigenvalue weighted by atomic mass is 9.87. The molecule has 0 spiro atoms. The van der Waals surface area contributed by atoms with Gasteiger partial charge in [0, 0.05) is 17.6 Å². The van der Waals surface area contributed by atoms with Crippen molar-refractivity contribution in [3.05, 3.63) is 0 Å². The molecule has 2 N–H and O–H groups in total. The Morgan fingerprint density at radius 1 is 1.43 bits per heavy atom. The monoisotopic (exact) mass is 196 g/mol. The molecular weight excluding hydrogens is 172 g/mol. The molecule has 0 aromatic heterocycles. The maximum atomic E-state index is 5.91. The largest absolute Gasteiger partial charge is 0.330 e. The average molecular weight is 196 g/mol. The number of piperidine rings is 1. The molecule has 82 valence electrons. The number of nitrogens with two attached hydrogens (primary N) is 1. The Kier molecular flexibility index (Phi) is 2.04. The Hall–Kier alpha value is -0.0800. The summed E-state index contributed by atoms with van der Waals surface area (Å²) in [5.41, 5.74) is 6.73. The summed E-state index contributed by atoms with van der Waals surface area (Å²) in [6.07, 6.45) is 1.36. The first-order chi connectivity index (χ1) is 6.32. The molecule has 2 aliphatic rings. The van der Waals surface area contributed by atoms with Gasteiger partial charge < -0.3 is 5.73 Å². The van der Waals surface area contributed by atoms with Gasteiger partial charge in [-0.3, -0.25) is 4.90 Å². The van der Waals surface area contributed by atoms with Crippen LogP contribution in [-0.4, -0.2) is 29.1 Å². The number of nitrogens with zero attached hydrogens (tertiary/aromatic N) is 1. The minimum absolute atomic E-state index is 0.297. The summed E-state index contributed by atoms with van der Waals surface area (Å²) in [7, 11) is 0. The number of rotatable bonds is 1. The zero-order valence-electron chi connectivity index (χ0n) is 10.2. The van der Waals surface area contributed by atoms with Crippen molar-refractivity contribution < 1.29 is 0 Å². The predicted molar refractivity (Wildman–Crippen MR) is 60.1 cm³/mol. The molecule has 1 saturated carbocycles. The van der Waals surface area contributed by atoms with Crippen LogP contribution in [0.5, 0.6) is 0 Å². The summed E-state index contributed by atoms with van der Waals surface area (Å²) in [4.78, 5) is 2.69.